The molecule has 2 aromatic rings. The van der Waals surface area contributed by atoms with Crippen molar-refractivity contribution in [3.63, 3.8) is 0 Å². The van der Waals surface area contributed by atoms with Gasteiger partial charge in [0.2, 0.25) is 0 Å². The number of aryl methyl sites for hydroxylation is 1. The Morgan fingerprint density at radius 1 is 0.905 bits per heavy atom. The van der Waals surface area contributed by atoms with Gasteiger partial charge in [-0.1, -0.05) is 45.0 Å². The van der Waals surface area contributed by atoms with Crippen molar-refractivity contribution < 1.29 is 0 Å². The average molecular weight is 280 g/mol. The molecular weight excluding hydrogens is 256 g/mol. The maximum Gasteiger partial charge on any atom is 0.0950 e. The van der Waals surface area contributed by atoms with Crippen LogP contribution in [-0.4, -0.2) is 13.7 Å². The summed E-state index contributed by atoms with van der Waals surface area (Å²) in [6.45, 7) is 9.89. The lowest BCUT2D eigenvalue weighted by Gasteiger charge is -2.22. The van der Waals surface area contributed by atoms with E-state index in [2.05, 4.69) is 87.0 Å². The number of benzene rings is 2. The second kappa shape index (κ2) is 4.80. The minimum Gasteiger partial charge on any atom is -0.355 e. The summed E-state index contributed by atoms with van der Waals surface area (Å²) in [4.78, 5) is 4.73. The summed E-state index contributed by atoms with van der Waals surface area (Å²) in [6.07, 6.45) is 0. The van der Waals surface area contributed by atoms with Crippen LogP contribution in [0.1, 0.15) is 31.9 Å². The first-order chi connectivity index (χ1) is 9.88. The normalized spacial score (nSPS) is 14.5. The van der Waals surface area contributed by atoms with Gasteiger partial charge in [0.05, 0.1) is 18.0 Å². The lowest BCUT2D eigenvalue weighted by atomic mass is 9.86. The Labute approximate surface area is 128 Å². The number of rotatable bonds is 1. The summed E-state index contributed by atoms with van der Waals surface area (Å²) < 4.78 is 0. The molecule has 1 aliphatic heterocycles. The van der Waals surface area contributed by atoms with Gasteiger partial charge in [0, 0.05) is 12.7 Å². The number of hydrogen-bond acceptors (Lipinski definition) is 2. The third-order valence-corrected chi connectivity index (χ3v) is 4.30. The van der Waals surface area contributed by atoms with E-state index in [1.807, 2.05) is 0 Å². The highest BCUT2D eigenvalue weighted by Crippen LogP contribution is 2.42. The van der Waals surface area contributed by atoms with Crippen molar-refractivity contribution in [2.24, 2.45) is 0 Å². The maximum absolute atomic E-state index is 2.40. The highest BCUT2D eigenvalue weighted by atomic mass is 15.4. The van der Waals surface area contributed by atoms with Gasteiger partial charge in [-0.05, 0) is 41.7 Å². The molecule has 2 nitrogen and oxygen atoms in total. The molecule has 0 bridgehead atoms. The lowest BCUT2D eigenvalue weighted by Crippen LogP contribution is -2.24. The first-order valence-corrected chi connectivity index (χ1v) is 7.57. The number of para-hydroxylation sites is 1. The molecule has 2 aromatic carbocycles. The molecular formula is C19H24N2. The molecule has 110 valence electrons. The predicted octanol–water partition coefficient (Wildman–Crippen LogP) is 4.84. The van der Waals surface area contributed by atoms with Crippen LogP contribution in [-0.2, 0) is 5.41 Å². The summed E-state index contributed by atoms with van der Waals surface area (Å²) in [5.74, 6) is 0. The zero-order valence-corrected chi connectivity index (χ0v) is 13.6. The van der Waals surface area contributed by atoms with Gasteiger partial charge < -0.3 is 9.80 Å². The van der Waals surface area contributed by atoms with Gasteiger partial charge in [-0.2, -0.15) is 0 Å². The molecule has 2 heteroatoms. The van der Waals surface area contributed by atoms with E-state index in [-0.39, 0.29) is 5.41 Å². The molecule has 0 saturated carbocycles. The largest absolute Gasteiger partial charge is 0.355 e. The van der Waals surface area contributed by atoms with Crippen LogP contribution in [0, 0.1) is 6.92 Å². The van der Waals surface area contributed by atoms with E-state index in [4.69, 9.17) is 0 Å². The predicted molar refractivity (Wildman–Crippen MR) is 91.7 cm³/mol. The molecule has 1 aliphatic rings. The minimum atomic E-state index is 0.186. The molecule has 21 heavy (non-hydrogen) atoms. The Bertz CT molecular complexity index is 668. The van der Waals surface area contributed by atoms with E-state index in [0.29, 0.717) is 0 Å². The standard InChI is InChI=1S/C19H24N2/c1-14-8-6-7-9-16(14)21-13-20(5)18-12-15(19(2,3)4)10-11-17(18)21/h6-12H,13H2,1-5H3. The third-order valence-electron chi connectivity index (χ3n) is 4.30. The topological polar surface area (TPSA) is 6.48 Å². The van der Waals surface area contributed by atoms with E-state index >= 15 is 0 Å². The van der Waals surface area contributed by atoms with Crippen molar-refractivity contribution in [1.29, 1.82) is 0 Å². The lowest BCUT2D eigenvalue weighted by molar-refractivity contribution is 0.590. The number of nitrogens with zero attached hydrogens (tertiary/aromatic N) is 2. The van der Waals surface area contributed by atoms with E-state index in [0.717, 1.165) is 6.67 Å². The summed E-state index contributed by atoms with van der Waals surface area (Å²) in [5.41, 5.74) is 6.82. The molecule has 0 unspecified atom stereocenters. The second-order valence-electron chi connectivity index (χ2n) is 7.01. The summed E-state index contributed by atoms with van der Waals surface area (Å²) in [5, 5.41) is 0. The van der Waals surface area contributed by atoms with Crippen molar-refractivity contribution in [3.8, 4) is 0 Å². The fourth-order valence-electron chi connectivity index (χ4n) is 2.96. The van der Waals surface area contributed by atoms with Crippen LogP contribution in [0.4, 0.5) is 17.1 Å². The number of anilines is 3. The Hall–Kier alpha value is -1.96. The molecule has 0 aromatic heterocycles. The van der Waals surface area contributed by atoms with Gasteiger partial charge in [-0.3, -0.25) is 0 Å². The Morgan fingerprint density at radius 2 is 1.62 bits per heavy atom. The first-order valence-electron chi connectivity index (χ1n) is 7.57. The highest BCUT2D eigenvalue weighted by molar-refractivity contribution is 5.83. The summed E-state index contributed by atoms with van der Waals surface area (Å²) >= 11 is 0. The van der Waals surface area contributed by atoms with Crippen molar-refractivity contribution in [3.05, 3.63) is 53.6 Å². The van der Waals surface area contributed by atoms with Crippen LogP contribution >= 0.6 is 0 Å². The molecule has 0 spiro atoms. The zero-order chi connectivity index (χ0) is 15.2. The van der Waals surface area contributed by atoms with E-state index < -0.39 is 0 Å². The van der Waals surface area contributed by atoms with Crippen LogP contribution in [0.5, 0.6) is 0 Å². The SMILES string of the molecule is Cc1ccccc1N1CN(C)c2cc(C(C)(C)C)ccc21. The van der Waals surface area contributed by atoms with Gasteiger partial charge in [0.15, 0.2) is 0 Å². The minimum absolute atomic E-state index is 0.186. The van der Waals surface area contributed by atoms with Crippen molar-refractivity contribution in [2.75, 3.05) is 23.5 Å². The smallest absolute Gasteiger partial charge is 0.0950 e. The van der Waals surface area contributed by atoms with Crippen LogP contribution in [0.2, 0.25) is 0 Å². The molecule has 0 fully saturated rings. The molecule has 0 amide bonds. The van der Waals surface area contributed by atoms with Crippen molar-refractivity contribution in [2.45, 2.75) is 33.1 Å². The summed E-state index contributed by atoms with van der Waals surface area (Å²) in [7, 11) is 2.17. The average Bonchev–Trinajstić information content (AvgIpc) is 2.75. The maximum atomic E-state index is 2.40. The van der Waals surface area contributed by atoms with Gasteiger partial charge in [-0.15, -0.1) is 0 Å². The Balaban J connectivity index is 2.07. The molecule has 0 atom stereocenters. The van der Waals surface area contributed by atoms with Crippen LogP contribution in [0.25, 0.3) is 0 Å². The van der Waals surface area contributed by atoms with Crippen molar-refractivity contribution >= 4 is 17.1 Å². The Kier molecular flexibility index (Phi) is 3.20. The fourth-order valence-corrected chi connectivity index (χ4v) is 2.96. The molecule has 0 N–H and O–H groups in total. The van der Waals surface area contributed by atoms with Gasteiger partial charge >= 0.3 is 0 Å². The van der Waals surface area contributed by atoms with Crippen molar-refractivity contribution in [1.82, 2.24) is 0 Å². The molecule has 0 aliphatic carbocycles. The van der Waals surface area contributed by atoms with E-state index in [1.165, 1.54) is 28.2 Å². The first kappa shape index (κ1) is 14.0. The monoisotopic (exact) mass is 280 g/mol. The number of hydrogen-bond donors (Lipinski definition) is 0. The molecule has 0 saturated heterocycles. The quantitative estimate of drug-likeness (QED) is 0.737. The highest BCUT2D eigenvalue weighted by Gasteiger charge is 2.27. The van der Waals surface area contributed by atoms with Crippen LogP contribution in [0.3, 0.4) is 0 Å². The summed E-state index contributed by atoms with van der Waals surface area (Å²) in [6, 6.07) is 15.5. The molecule has 3 rings (SSSR count). The van der Waals surface area contributed by atoms with Gasteiger partial charge in [-0.25, -0.2) is 0 Å². The fraction of sp³-hybridized carbons (Fsp3) is 0.368. The zero-order valence-electron chi connectivity index (χ0n) is 13.6. The Morgan fingerprint density at radius 3 is 2.29 bits per heavy atom. The number of fused-ring (bicyclic) bond motifs is 1. The third kappa shape index (κ3) is 2.39. The van der Waals surface area contributed by atoms with Gasteiger partial charge in [0.1, 0.15) is 0 Å². The van der Waals surface area contributed by atoms with E-state index in [1.54, 1.807) is 0 Å². The van der Waals surface area contributed by atoms with Crippen LogP contribution < -0.4 is 9.80 Å². The second-order valence-corrected chi connectivity index (χ2v) is 7.01. The molecule has 1 heterocycles. The van der Waals surface area contributed by atoms with E-state index in [9.17, 15) is 0 Å². The van der Waals surface area contributed by atoms with Gasteiger partial charge in [0.25, 0.3) is 0 Å². The van der Waals surface area contributed by atoms with Crippen LogP contribution in [0.15, 0.2) is 42.5 Å². The molecule has 0 radical (unpaired) electrons.